The largest absolute Gasteiger partial charge is 0.476 e. The van der Waals surface area contributed by atoms with Crippen LogP contribution >= 0.6 is 0 Å². The Bertz CT molecular complexity index is 332. The zero-order valence-corrected chi connectivity index (χ0v) is 7.44. The minimum Gasteiger partial charge on any atom is -0.476 e. The maximum Gasteiger partial charge on any atom is 0.356 e. The molecule has 6 heteroatoms. The molecule has 0 aliphatic rings. The molecule has 0 unspecified atom stereocenters. The summed E-state index contributed by atoms with van der Waals surface area (Å²) in [4.78, 5) is 10.7. The number of anilines is 1. The van der Waals surface area contributed by atoms with E-state index in [4.69, 9.17) is 15.6 Å². The minimum atomic E-state index is -1.09. The predicted molar refractivity (Wildman–Crippen MR) is 45.3 cm³/mol. The van der Waals surface area contributed by atoms with Crippen LogP contribution in [0.5, 0.6) is 0 Å². The number of carboxylic acid groups (broad SMARTS) is 1. The van der Waals surface area contributed by atoms with Crippen molar-refractivity contribution in [3.63, 3.8) is 0 Å². The van der Waals surface area contributed by atoms with E-state index in [-0.39, 0.29) is 18.0 Å². The maximum absolute atomic E-state index is 10.7. The van der Waals surface area contributed by atoms with Gasteiger partial charge in [0.25, 0.3) is 0 Å². The number of aryl methyl sites for hydroxylation is 1. The van der Waals surface area contributed by atoms with Crippen LogP contribution in [0.3, 0.4) is 0 Å². The summed E-state index contributed by atoms with van der Waals surface area (Å²) in [6.45, 7) is 0.215. The van der Waals surface area contributed by atoms with Crippen LogP contribution in [0.25, 0.3) is 0 Å². The molecule has 0 saturated heterocycles. The standard InChI is InChI=1S/C7H11N3O3/c1-10-6(7(11)12)5(8)4(9-10)3-13-2/h3,8H2,1-2H3,(H,11,12). The van der Waals surface area contributed by atoms with Gasteiger partial charge in [0, 0.05) is 14.2 Å². The zero-order chi connectivity index (χ0) is 10.0. The summed E-state index contributed by atoms with van der Waals surface area (Å²) in [6.07, 6.45) is 0. The van der Waals surface area contributed by atoms with Crippen LogP contribution in [0, 0.1) is 0 Å². The zero-order valence-electron chi connectivity index (χ0n) is 7.44. The molecule has 0 aromatic carbocycles. The quantitative estimate of drug-likeness (QED) is 0.683. The molecule has 0 spiro atoms. The lowest BCUT2D eigenvalue weighted by Gasteiger charge is -1.95. The van der Waals surface area contributed by atoms with Crippen molar-refractivity contribution in [2.24, 2.45) is 7.05 Å². The molecule has 1 aromatic heterocycles. The molecular weight excluding hydrogens is 174 g/mol. The number of aromatic nitrogens is 2. The third kappa shape index (κ3) is 1.62. The number of carboxylic acids is 1. The fourth-order valence-electron chi connectivity index (χ4n) is 1.09. The highest BCUT2D eigenvalue weighted by Crippen LogP contribution is 2.16. The Morgan fingerprint density at radius 1 is 1.77 bits per heavy atom. The fourth-order valence-corrected chi connectivity index (χ4v) is 1.09. The smallest absolute Gasteiger partial charge is 0.356 e. The van der Waals surface area contributed by atoms with Crippen molar-refractivity contribution in [1.82, 2.24) is 9.78 Å². The molecule has 3 N–H and O–H groups in total. The molecular formula is C7H11N3O3. The number of hydrogen-bond acceptors (Lipinski definition) is 4. The Kier molecular flexibility index (Phi) is 2.52. The molecule has 0 saturated carbocycles. The SMILES string of the molecule is COCc1nn(C)c(C(=O)O)c1N. The van der Waals surface area contributed by atoms with Gasteiger partial charge >= 0.3 is 5.97 Å². The number of methoxy groups -OCH3 is 1. The highest BCUT2D eigenvalue weighted by molar-refractivity contribution is 5.92. The molecule has 72 valence electrons. The van der Waals surface area contributed by atoms with Gasteiger partial charge in [0.2, 0.25) is 0 Å². The van der Waals surface area contributed by atoms with E-state index in [0.29, 0.717) is 5.69 Å². The van der Waals surface area contributed by atoms with Gasteiger partial charge in [-0.05, 0) is 0 Å². The number of hydrogen-bond donors (Lipinski definition) is 2. The van der Waals surface area contributed by atoms with Crippen LogP contribution in [0.1, 0.15) is 16.2 Å². The van der Waals surface area contributed by atoms with Crippen molar-refractivity contribution in [1.29, 1.82) is 0 Å². The second-order valence-corrected chi connectivity index (χ2v) is 2.57. The first-order chi connectivity index (χ1) is 6.07. The molecule has 0 amide bonds. The summed E-state index contributed by atoms with van der Waals surface area (Å²) in [6, 6.07) is 0. The Morgan fingerprint density at radius 3 is 2.77 bits per heavy atom. The number of carbonyl (C=O) groups is 1. The summed E-state index contributed by atoms with van der Waals surface area (Å²) < 4.78 is 6.04. The average Bonchev–Trinajstić information content (AvgIpc) is 2.28. The van der Waals surface area contributed by atoms with Gasteiger partial charge in [0.05, 0.1) is 12.3 Å². The molecule has 0 atom stereocenters. The lowest BCUT2D eigenvalue weighted by Crippen LogP contribution is -2.07. The van der Waals surface area contributed by atoms with Crippen molar-refractivity contribution in [2.45, 2.75) is 6.61 Å². The van der Waals surface area contributed by atoms with E-state index in [2.05, 4.69) is 5.10 Å². The monoisotopic (exact) mass is 185 g/mol. The van der Waals surface area contributed by atoms with Crippen molar-refractivity contribution in [3.8, 4) is 0 Å². The lowest BCUT2D eigenvalue weighted by molar-refractivity contribution is 0.0686. The summed E-state index contributed by atoms with van der Waals surface area (Å²) >= 11 is 0. The van der Waals surface area contributed by atoms with Gasteiger partial charge in [0.15, 0.2) is 5.69 Å². The van der Waals surface area contributed by atoms with Crippen molar-refractivity contribution < 1.29 is 14.6 Å². The van der Waals surface area contributed by atoms with Crippen molar-refractivity contribution >= 4 is 11.7 Å². The van der Waals surface area contributed by atoms with E-state index >= 15 is 0 Å². The van der Waals surface area contributed by atoms with Crippen molar-refractivity contribution in [2.75, 3.05) is 12.8 Å². The number of nitrogens with zero attached hydrogens (tertiary/aromatic N) is 2. The van der Waals surface area contributed by atoms with Gasteiger partial charge in [-0.25, -0.2) is 4.79 Å². The van der Waals surface area contributed by atoms with Gasteiger partial charge in [-0.15, -0.1) is 0 Å². The number of rotatable bonds is 3. The molecule has 1 heterocycles. The first kappa shape index (κ1) is 9.53. The van der Waals surface area contributed by atoms with Crippen LogP contribution in [0.15, 0.2) is 0 Å². The number of aromatic carboxylic acids is 1. The fraction of sp³-hybridized carbons (Fsp3) is 0.429. The van der Waals surface area contributed by atoms with Crippen molar-refractivity contribution in [3.05, 3.63) is 11.4 Å². The molecule has 0 bridgehead atoms. The lowest BCUT2D eigenvalue weighted by atomic mass is 10.3. The highest BCUT2D eigenvalue weighted by Gasteiger charge is 2.18. The second kappa shape index (κ2) is 3.44. The molecule has 1 rings (SSSR count). The Morgan fingerprint density at radius 2 is 2.38 bits per heavy atom. The predicted octanol–water partition coefficient (Wildman–Crippen LogP) is -0.153. The first-order valence-electron chi connectivity index (χ1n) is 3.61. The second-order valence-electron chi connectivity index (χ2n) is 2.57. The van der Waals surface area contributed by atoms with Crippen LogP contribution in [0.2, 0.25) is 0 Å². The summed E-state index contributed by atoms with van der Waals surface area (Å²) in [7, 11) is 3.02. The highest BCUT2D eigenvalue weighted by atomic mass is 16.5. The van der Waals surface area contributed by atoms with E-state index in [1.54, 1.807) is 0 Å². The third-order valence-corrected chi connectivity index (χ3v) is 1.64. The molecule has 0 aliphatic carbocycles. The number of nitrogens with two attached hydrogens (primary N) is 1. The van der Waals surface area contributed by atoms with Crippen LogP contribution in [0.4, 0.5) is 5.69 Å². The molecule has 6 nitrogen and oxygen atoms in total. The Balaban J connectivity index is 3.14. The molecule has 0 fully saturated rings. The van der Waals surface area contributed by atoms with Gasteiger partial charge in [-0.3, -0.25) is 4.68 Å². The first-order valence-corrected chi connectivity index (χ1v) is 3.61. The van der Waals surface area contributed by atoms with Gasteiger partial charge in [0.1, 0.15) is 5.69 Å². The molecule has 0 aliphatic heterocycles. The van der Waals surface area contributed by atoms with E-state index < -0.39 is 5.97 Å². The third-order valence-electron chi connectivity index (χ3n) is 1.64. The average molecular weight is 185 g/mol. The minimum absolute atomic E-state index is 0.00736. The van der Waals surface area contributed by atoms with E-state index in [1.165, 1.54) is 18.8 Å². The van der Waals surface area contributed by atoms with Crippen LogP contribution < -0.4 is 5.73 Å². The molecule has 0 radical (unpaired) electrons. The number of ether oxygens (including phenoxy) is 1. The Labute approximate surface area is 74.9 Å². The van der Waals surface area contributed by atoms with Gasteiger partial charge in [-0.2, -0.15) is 5.10 Å². The van der Waals surface area contributed by atoms with Gasteiger partial charge < -0.3 is 15.6 Å². The van der Waals surface area contributed by atoms with E-state index in [9.17, 15) is 4.79 Å². The number of nitrogen functional groups attached to an aromatic ring is 1. The van der Waals surface area contributed by atoms with E-state index in [0.717, 1.165) is 0 Å². The normalized spacial score (nSPS) is 10.3. The topological polar surface area (TPSA) is 90.4 Å². The van der Waals surface area contributed by atoms with Crippen LogP contribution in [-0.2, 0) is 18.4 Å². The van der Waals surface area contributed by atoms with E-state index in [1.807, 2.05) is 0 Å². The Hall–Kier alpha value is -1.56. The molecule has 1 aromatic rings. The maximum atomic E-state index is 10.7. The van der Waals surface area contributed by atoms with Crippen LogP contribution in [-0.4, -0.2) is 28.0 Å². The summed E-state index contributed by atoms with van der Waals surface area (Å²) in [5.74, 6) is -1.09. The summed E-state index contributed by atoms with van der Waals surface area (Å²) in [5.41, 5.74) is 6.15. The molecule has 13 heavy (non-hydrogen) atoms. The van der Waals surface area contributed by atoms with Gasteiger partial charge in [-0.1, -0.05) is 0 Å². The summed E-state index contributed by atoms with van der Waals surface area (Å²) in [5, 5.41) is 12.7.